The van der Waals surface area contributed by atoms with Crippen molar-refractivity contribution in [3.05, 3.63) is 52.2 Å². The van der Waals surface area contributed by atoms with Gasteiger partial charge in [0.1, 0.15) is 6.54 Å². The maximum Gasteiger partial charge on any atom is 0.329 e. The van der Waals surface area contributed by atoms with E-state index in [1.54, 1.807) is 9.13 Å². The Morgan fingerprint density at radius 3 is 2.74 bits per heavy atom. The zero-order valence-electron chi connectivity index (χ0n) is 15.8. The molecule has 7 heteroatoms. The first kappa shape index (κ1) is 17.6. The molecule has 142 valence electrons. The number of amides is 1. The van der Waals surface area contributed by atoms with Crippen LogP contribution in [0.25, 0.3) is 11.0 Å². The number of imidazole rings is 1. The molecule has 1 amide bonds. The van der Waals surface area contributed by atoms with Crippen LogP contribution in [0.5, 0.6) is 0 Å². The topological polar surface area (TPSA) is 73.8 Å². The number of carbonyl (C=O) groups is 1. The first-order valence-electron chi connectivity index (χ1n) is 9.58. The number of rotatable bonds is 5. The molecule has 0 radical (unpaired) electrons. The van der Waals surface area contributed by atoms with Gasteiger partial charge in [-0.15, -0.1) is 0 Å². The third-order valence-electron chi connectivity index (χ3n) is 5.38. The van der Waals surface area contributed by atoms with Gasteiger partial charge >= 0.3 is 5.69 Å². The molecular formula is C20H25N5O2. The average molecular weight is 367 g/mol. The Balaban J connectivity index is 1.59. The van der Waals surface area contributed by atoms with Crippen LogP contribution in [0, 0.1) is 0 Å². The second-order valence-corrected chi connectivity index (χ2v) is 7.19. The Morgan fingerprint density at radius 1 is 1.26 bits per heavy atom. The minimum absolute atomic E-state index is 0.0299. The predicted octanol–water partition coefficient (Wildman–Crippen LogP) is 2.14. The van der Waals surface area contributed by atoms with E-state index in [4.69, 9.17) is 0 Å². The molecule has 0 fully saturated rings. The highest BCUT2D eigenvalue weighted by molar-refractivity contribution is 5.81. The van der Waals surface area contributed by atoms with Gasteiger partial charge in [-0.05, 0) is 37.8 Å². The van der Waals surface area contributed by atoms with Crippen molar-refractivity contribution in [3.63, 3.8) is 0 Å². The summed E-state index contributed by atoms with van der Waals surface area (Å²) in [6.45, 7) is 2.72. The van der Waals surface area contributed by atoms with E-state index in [0.717, 1.165) is 42.3 Å². The minimum atomic E-state index is -0.141. The van der Waals surface area contributed by atoms with Gasteiger partial charge in [-0.25, -0.2) is 4.79 Å². The number of aromatic nitrogens is 4. The molecule has 4 rings (SSSR count). The number of benzene rings is 1. The summed E-state index contributed by atoms with van der Waals surface area (Å²) in [6.07, 6.45) is 5.62. The Hall–Kier alpha value is -2.83. The number of hydrogen-bond donors (Lipinski definition) is 1. The van der Waals surface area contributed by atoms with Gasteiger partial charge < -0.3 is 5.32 Å². The minimum Gasteiger partial charge on any atom is -0.348 e. The summed E-state index contributed by atoms with van der Waals surface area (Å²) in [5.41, 5.74) is 3.83. The third kappa shape index (κ3) is 3.07. The van der Waals surface area contributed by atoms with Crippen LogP contribution >= 0.6 is 0 Å². The third-order valence-corrected chi connectivity index (χ3v) is 5.38. The van der Waals surface area contributed by atoms with E-state index in [1.165, 1.54) is 5.69 Å². The molecule has 1 N–H and O–H groups in total. The number of hydrogen-bond acceptors (Lipinski definition) is 3. The number of nitrogens with zero attached hydrogens (tertiary/aromatic N) is 4. The van der Waals surface area contributed by atoms with Crippen molar-refractivity contribution in [1.82, 2.24) is 24.2 Å². The lowest BCUT2D eigenvalue weighted by Crippen LogP contribution is -2.36. The maximum absolute atomic E-state index is 12.8. The zero-order valence-corrected chi connectivity index (χ0v) is 15.8. The molecule has 2 heterocycles. The summed E-state index contributed by atoms with van der Waals surface area (Å²) in [7, 11) is 1.94. The number of para-hydroxylation sites is 2. The van der Waals surface area contributed by atoms with Crippen LogP contribution in [0.4, 0.5) is 0 Å². The Labute approximate surface area is 157 Å². The molecule has 1 aromatic carbocycles. The van der Waals surface area contributed by atoms with Crippen molar-refractivity contribution < 1.29 is 4.79 Å². The van der Waals surface area contributed by atoms with Gasteiger partial charge in [0.15, 0.2) is 0 Å². The molecule has 1 atom stereocenters. The highest BCUT2D eigenvalue weighted by atomic mass is 16.2. The van der Waals surface area contributed by atoms with E-state index < -0.39 is 0 Å². The second kappa shape index (κ2) is 7.06. The largest absolute Gasteiger partial charge is 0.348 e. The molecule has 0 saturated carbocycles. The number of nitrogens with one attached hydrogen (secondary N) is 1. The van der Waals surface area contributed by atoms with Crippen LogP contribution in [0.1, 0.15) is 43.5 Å². The van der Waals surface area contributed by atoms with Crippen LogP contribution in [0.3, 0.4) is 0 Å². The van der Waals surface area contributed by atoms with Gasteiger partial charge in [0.25, 0.3) is 0 Å². The van der Waals surface area contributed by atoms with Crippen LogP contribution in [0.15, 0.2) is 35.3 Å². The molecule has 0 aliphatic heterocycles. The second-order valence-electron chi connectivity index (χ2n) is 7.19. The predicted molar refractivity (Wildman–Crippen MR) is 104 cm³/mol. The zero-order chi connectivity index (χ0) is 19.0. The van der Waals surface area contributed by atoms with Gasteiger partial charge in [-0.1, -0.05) is 19.1 Å². The molecule has 0 saturated heterocycles. The lowest BCUT2D eigenvalue weighted by molar-refractivity contribution is -0.122. The number of aryl methyl sites for hydroxylation is 2. The summed E-state index contributed by atoms with van der Waals surface area (Å²) in [5, 5.41) is 7.43. The van der Waals surface area contributed by atoms with E-state index in [9.17, 15) is 9.59 Å². The molecule has 27 heavy (non-hydrogen) atoms. The van der Waals surface area contributed by atoms with Crippen molar-refractivity contribution in [2.75, 3.05) is 0 Å². The molecule has 2 aromatic heterocycles. The molecule has 1 aliphatic carbocycles. The van der Waals surface area contributed by atoms with Gasteiger partial charge in [-0.3, -0.25) is 18.6 Å². The highest BCUT2D eigenvalue weighted by Gasteiger charge is 2.25. The monoisotopic (exact) mass is 367 g/mol. The van der Waals surface area contributed by atoms with Crippen LogP contribution < -0.4 is 11.0 Å². The van der Waals surface area contributed by atoms with Crippen molar-refractivity contribution in [2.24, 2.45) is 7.05 Å². The molecule has 0 bridgehead atoms. The van der Waals surface area contributed by atoms with Crippen LogP contribution in [0.2, 0.25) is 0 Å². The SMILES string of the molecule is CCCn1c(=O)n(CC(=O)N[C@@H]2CCCc3c2cnn3C)c2ccccc21. The summed E-state index contributed by atoms with van der Waals surface area (Å²) < 4.78 is 5.21. The Bertz CT molecular complexity index is 1040. The van der Waals surface area contributed by atoms with Crippen molar-refractivity contribution >= 4 is 16.9 Å². The highest BCUT2D eigenvalue weighted by Crippen LogP contribution is 2.29. The van der Waals surface area contributed by atoms with Gasteiger partial charge in [0.2, 0.25) is 5.91 Å². The normalized spacial score (nSPS) is 16.4. The lowest BCUT2D eigenvalue weighted by Gasteiger charge is -2.23. The quantitative estimate of drug-likeness (QED) is 0.751. The van der Waals surface area contributed by atoms with E-state index in [2.05, 4.69) is 10.4 Å². The summed E-state index contributed by atoms with van der Waals surface area (Å²) in [5.74, 6) is -0.141. The number of carbonyl (C=O) groups excluding carboxylic acids is 1. The van der Waals surface area contributed by atoms with Crippen molar-refractivity contribution in [1.29, 1.82) is 0 Å². The number of fused-ring (bicyclic) bond motifs is 2. The summed E-state index contributed by atoms with van der Waals surface area (Å²) in [4.78, 5) is 25.6. The smallest absolute Gasteiger partial charge is 0.329 e. The van der Waals surface area contributed by atoms with Gasteiger partial charge in [0, 0.05) is 24.8 Å². The molecule has 1 aliphatic rings. The average Bonchev–Trinajstić information content (AvgIpc) is 3.17. The Kier molecular flexibility index (Phi) is 4.59. The first-order chi connectivity index (χ1) is 13.1. The van der Waals surface area contributed by atoms with E-state index in [0.29, 0.717) is 6.54 Å². The van der Waals surface area contributed by atoms with E-state index in [-0.39, 0.29) is 24.2 Å². The molecular weight excluding hydrogens is 342 g/mol. The summed E-state index contributed by atoms with van der Waals surface area (Å²) in [6, 6.07) is 7.62. The van der Waals surface area contributed by atoms with E-state index in [1.807, 2.05) is 49.1 Å². The van der Waals surface area contributed by atoms with E-state index >= 15 is 0 Å². The van der Waals surface area contributed by atoms with Crippen LogP contribution in [-0.2, 0) is 31.4 Å². The fraction of sp³-hybridized carbons (Fsp3) is 0.450. The van der Waals surface area contributed by atoms with Crippen molar-refractivity contribution in [2.45, 2.75) is 51.7 Å². The first-order valence-corrected chi connectivity index (χ1v) is 9.58. The van der Waals surface area contributed by atoms with Gasteiger partial charge in [-0.2, -0.15) is 5.10 Å². The maximum atomic E-state index is 12.8. The molecule has 0 spiro atoms. The van der Waals surface area contributed by atoms with Crippen molar-refractivity contribution in [3.8, 4) is 0 Å². The lowest BCUT2D eigenvalue weighted by atomic mass is 9.93. The standard InChI is InChI=1S/C20H25N5O2/c1-3-11-24-17-8-4-5-9-18(17)25(20(24)27)13-19(26)22-15-7-6-10-16-14(15)12-21-23(16)2/h4-5,8-9,12,15H,3,6-7,10-11,13H2,1-2H3,(H,22,26)/t15-/m1/s1. The Morgan fingerprint density at radius 2 is 2.00 bits per heavy atom. The fourth-order valence-corrected chi connectivity index (χ4v) is 4.10. The summed E-state index contributed by atoms with van der Waals surface area (Å²) >= 11 is 0. The van der Waals surface area contributed by atoms with Gasteiger partial charge in [0.05, 0.1) is 23.3 Å². The molecule has 7 nitrogen and oxygen atoms in total. The molecule has 0 unspecified atom stereocenters. The van der Waals surface area contributed by atoms with Crippen LogP contribution in [-0.4, -0.2) is 24.8 Å². The molecule has 3 aromatic rings. The fourth-order valence-electron chi connectivity index (χ4n) is 4.10.